The Bertz CT molecular complexity index is 3200. The first kappa shape index (κ1) is 86.0. The summed E-state index contributed by atoms with van der Waals surface area (Å²) in [6, 6.07) is 51.3. The van der Waals surface area contributed by atoms with Crippen molar-refractivity contribution in [3.05, 3.63) is 155 Å². The van der Waals surface area contributed by atoms with Gasteiger partial charge in [-0.3, -0.25) is 0 Å². The van der Waals surface area contributed by atoms with Crippen molar-refractivity contribution in [2.24, 2.45) is 0 Å². The van der Waals surface area contributed by atoms with Gasteiger partial charge in [-0.25, -0.2) is 0 Å². The van der Waals surface area contributed by atoms with E-state index in [1.54, 1.807) is 46.8 Å². The fourth-order valence-corrected chi connectivity index (χ4v) is 119. The van der Waals surface area contributed by atoms with Crippen LogP contribution >= 0.6 is 0 Å². The second kappa shape index (κ2) is 31.8. The first-order valence-corrected chi connectivity index (χ1v) is 91.8. The molecule has 0 aromatic heterocycles. The third-order valence-electron chi connectivity index (χ3n) is 19.1. The third-order valence-corrected chi connectivity index (χ3v) is 94.9. The van der Waals surface area contributed by atoms with Crippen LogP contribution in [0.3, 0.4) is 0 Å². The molecule has 0 N–H and O–H groups in total. The summed E-state index contributed by atoms with van der Waals surface area (Å²) in [5.74, 6) is 0. The predicted octanol–water partition coefficient (Wildman–Crippen LogP) is 16.6. The normalized spacial score (nSPS) is 14.2. The molecule has 6 aromatic carbocycles. The molecule has 0 radical (unpaired) electrons. The van der Waals surface area contributed by atoms with Crippen molar-refractivity contribution >= 4 is 228 Å². The molecule has 0 fully saturated rings. The average Bonchev–Trinajstić information content (AvgIpc) is 0.739. The molecule has 18 heteroatoms. The molecule has 6 aromatic rings. The van der Waals surface area contributed by atoms with Gasteiger partial charge >= 0.3 is 649 Å². The molecular weight excluding hydrogens is 1750 g/mol. The molecule has 96 heavy (non-hydrogen) atoms. The fraction of sp³-hybridized carbons (Fsp3) is 0.538. The first-order valence-electron chi connectivity index (χ1n) is 36.0. The Balaban J connectivity index is 1.49. The molecule has 0 unspecified atom stereocenters. The van der Waals surface area contributed by atoms with E-state index in [1.807, 2.05) is 31.2 Å². The van der Waals surface area contributed by atoms with Crippen molar-refractivity contribution in [3.8, 4) is 0 Å². The van der Waals surface area contributed by atoms with Crippen molar-refractivity contribution in [3.63, 3.8) is 0 Å². The van der Waals surface area contributed by atoms with Gasteiger partial charge in [0.15, 0.2) is 0 Å². The zero-order valence-electron chi connectivity index (χ0n) is 67.5. The Kier molecular flexibility index (Phi) is 28.5. The van der Waals surface area contributed by atoms with Crippen LogP contribution in [-0.2, 0) is 0 Å². The topological polar surface area (TPSA) is 0 Å². The average molecular weight is 1880 g/mol. The van der Waals surface area contributed by atoms with Crippen LogP contribution < -0.4 is 44.6 Å². The summed E-state index contributed by atoms with van der Waals surface area (Å²) in [4.78, 5) is 0. The van der Waals surface area contributed by atoms with E-state index in [2.05, 4.69) is 357 Å². The van der Waals surface area contributed by atoms with Gasteiger partial charge in [0.05, 0.1) is 0 Å². The molecule has 0 saturated heterocycles. The molecule has 0 heterocycles. The summed E-state index contributed by atoms with van der Waals surface area (Å²) in [5.41, 5.74) is 10.8. The van der Waals surface area contributed by atoms with Crippen LogP contribution in [0.5, 0.6) is 0 Å². The standard InChI is InChI=1S/C78H134Se6Si12/c1-85(2,3)73(86(4,5)6)57-53-59(75(89(13,14)15)90(16,17)18)71(60(54-57)76(91(19,20)21)92(22,23)24)81-65-47-39-37-45-63(65)79-67-49-41-43-51-69(67)83-84-70-52-44-42-50-68(70)80-64-46-38-40-48-66(64)82-72-61(77(93(25,26)27)94(28,29)30)55-58(74(87(7,8)9)88(10,11)12)56-62(72)78(95(31,32)33)96(34,35)36/h37-56,73-78H,1-36H3. The molecule has 0 nitrogen and oxygen atoms in total. The molecule has 0 aliphatic heterocycles. The van der Waals surface area contributed by atoms with Gasteiger partial charge in [0.1, 0.15) is 0 Å². The minimum absolute atomic E-state index is 0.179. The van der Waals surface area contributed by atoms with Gasteiger partial charge in [0, 0.05) is 0 Å². The van der Waals surface area contributed by atoms with E-state index >= 15 is 0 Å². The molecule has 0 amide bonds. The predicted molar refractivity (Wildman–Crippen MR) is 486 cm³/mol. The van der Waals surface area contributed by atoms with Crippen molar-refractivity contribution in [2.75, 3.05) is 0 Å². The quantitative estimate of drug-likeness (QED) is 0.0411. The van der Waals surface area contributed by atoms with Gasteiger partial charge in [0.2, 0.25) is 0 Å². The molecule has 0 saturated carbocycles. The summed E-state index contributed by atoms with van der Waals surface area (Å²) in [6.45, 7) is 98.0. The van der Waals surface area contributed by atoms with Crippen LogP contribution in [-0.4, -0.2) is 183 Å². The second-order valence-electron chi connectivity index (χ2n) is 41.4. The van der Waals surface area contributed by atoms with Gasteiger partial charge < -0.3 is 0 Å². The van der Waals surface area contributed by atoms with E-state index in [4.69, 9.17) is 0 Å². The van der Waals surface area contributed by atoms with Crippen molar-refractivity contribution in [2.45, 2.75) is 267 Å². The van der Waals surface area contributed by atoms with Crippen LogP contribution in [0, 0.1) is 0 Å². The van der Waals surface area contributed by atoms with Crippen LogP contribution in [0.1, 0.15) is 64.4 Å². The second-order valence-corrected chi connectivity index (χ2v) is 124. The van der Waals surface area contributed by atoms with Crippen molar-refractivity contribution in [1.29, 1.82) is 0 Å². The molecule has 0 aliphatic rings. The van der Waals surface area contributed by atoms with Crippen LogP contribution in [0.4, 0.5) is 0 Å². The molecule has 0 atom stereocenters. The van der Waals surface area contributed by atoms with Crippen molar-refractivity contribution < 1.29 is 0 Å². The van der Waals surface area contributed by atoms with Crippen molar-refractivity contribution in [1.82, 2.24) is 0 Å². The zero-order valence-corrected chi connectivity index (χ0v) is 89.7. The number of benzene rings is 6. The van der Waals surface area contributed by atoms with Crippen LogP contribution in [0.25, 0.3) is 0 Å². The molecular formula is C78H134Se6Si12. The summed E-state index contributed by atoms with van der Waals surface area (Å²) in [5, 5.41) is 4.22. The Hall–Kier alpha value is 1.04. The Labute approximate surface area is 641 Å². The molecule has 0 spiro atoms. The molecule has 0 aliphatic carbocycles. The SMILES string of the molecule is C[Si](C)(C)C(c1cc(C([Si](C)(C)C)[Si](C)(C)C)c([Se]c2ccccc2[Se]c2ccccc2[Se][Se]c2ccccc2[Se]c2ccccc2[Se]c2c(C([Si](C)(C)C)[Si](C)(C)C)cc(C([Si](C)(C)C)[Si](C)(C)C)cc2C([Si](C)(C)C)[Si](C)(C)C)c(C([Si](C)(C)C)[Si](C)(C)C)c1)[Si](C)(C)C. The third kappa shape index (κ3) is 22.3. The summed E-state index contributed by atoms with van der Waals surface area (Å²) >= 11 is 1.45. The van der Waals surface area contributed by atoms with E-state index < -0.39 is 96.9 Å². The Morgan fingerprint density at radius 2 is 0.333 bits per heavy atom. The number of hydrogen-bond donors (Lipinski definition) is 0. The number of rotatable bonds is 29. The number of hydrogen-bond acceptors (Lipinski definition) is 0. The van der Waals surface area contributed by atoms with Gasteiger partial charge in [-0.15, -0.1) is 0 Å². The summed E-state index contributed by atoms with van der Waals surface area (Å²) in [7, 11) is -19.9. The van der Waals surface area contributed by atoms with Gasteiger partial charge in [-0.1, -0.05) is 0 Å². The van der Waals surface area contributed by atoms with Gasteiger partial charge in [-0.05, 0) is 0 Å². The van der Waals surface area contributed by atoms with E-state index in [1.165, 1.54) is 0 Å². The Morgan fingerprint density at radius 3 is 0.500 bits per heavy atom. The summed E-state index contributed by atoms with van der Waals surface area (Å²) in [6.07, 6.45) is 0. The van der Waals surface area contributed by atoms with E-state index in [0.29, 0.717) is 46.9 Å². The summed E-state index contributed by atoms with van der Waals surface area (Å²) < 4.78 is 16.7. The maximum absolute atomic E-state index is 2.94. The molecule has 0 bridgehead atoms. The Morgan fingerprint density at radius 1 is 0.188 bits per heavy atom. The first-order chi connectivity index (χ1) is 43.2. The zero-order chi connectivity index (χ0) is 73.1. The monoisotopic (exact) mass is 1890 g/mol. The molecule has 530 valence electrons. The van der Waals surface area contributed by atoms with Crippen LogP contribution in [0.15, 0.2) is 121 Å². The van der Waals surface area contributed by atoms with E-state index in [9.17, 15) is 0 Å². The maximum atomic E-state index is 2.94. The minimum atomic E-state index is -1.69. The van der Waals surface area contributed by atoms with E-state index in [0.717, 1.165) is 10.3 Å². The van der Waals surface area contributed by atoms with Gasteiger partial charge in [0.25, 0.3) is 0 Å². The fourth-order valence-electron chi connectivity index (χ4n) is 19.3. The molecule has 6 rings (SSSR count). The van der Waals surface area contributed by atoms with Crippen LogP contribution in [0.2, 0.25) is 236 Å². The van der Waals surface area contributed by atoms with Gasteiger partial charge in [-0.2, -0.15) is 0 Å². The van der Waals surface area contributed by atoms with E-state index in [-0.39, 0.29) is 59.8 Å².